The molecular weight excluding hydrogens is 144 g/mol. The number of hydrogen-bond donors (Lipinski definition) is 1. The van der Waals surface area contributed by atoms with Crippen molar-refractivity contribution in [2.24, 2.45) is 11.8 Å². The predicted molar refractivity (Wildman–Crippen MR) is 44.2 cm³/mol. The zero-order valence-electron chi connectivity index (χ0n) is 6.12. The van der Waals surface area contributed by atoms with Crippen LogP contribution in [0.4, 0.5) is 0 Å². The molecule has 2 heteroatoms. The first-order valence-corrected chi connectivity index (χ1v) is 5.29. The minimum absolute atomic E-state index is 0.0769. The smallest absolute Gasteiger partial charge is 0.0575 e. The van der Waals surface area contributed by atoms with Gasteiger partial charge in [-0.15, -0.1) is 0 Å². The number of thioether (sulfide) groups is 1. The van der Waals surface area contributed by atoms with Crippen molar-refractivity contribution < 1.29 is 5.11 Å². The second-order valence-corrected chi connectivity index (χ2v) is 4.64. The third-order valence-electron chi connectivity index (χ3n) is 2.68. The molecule has 2 atom stereocenters. The Labute approximate surface area is 66.2 Å². The van der Waals surface area contributed by atoms with Crippen LogP contribution in [0, 0.1) is 11.8 Å². The van der Waals surface area contributed by atoms with Gasteiger partial charge < -0.3 is 5.11 Å². The molecule has 2 aliphatic rings. The minimum atomic E-state index is 0.0769. The minimum Gasteiger partial charge on any atom is -0.393 e. The molecule has 0 bridgehead atoms. The van der Waals surface area contributed by atoms with Gasteiger partial charge in [-0.3, -0.25) is 0 Å². The molecule has 10 heavy (non-hydrogen) atoms. The molecule has 58 valence electrons. The van der Waals surface area contributed by atoms with Crippen LogP contribution in [0.25, 0.3) is 0 Å². The van der Waals surface area contributed by atoms with Crippen LogP contribution in [0.3, 0.4) is 0 Å². The number of hydrogen-bond acceptors (Lipinski definition) is 2. The first-order chi connectivity index (χ1) is 4.88. The zero-order chi connectivity index (χ0) is 6.97. The predicted octanol–water partition coefficient (Wildman–Crippen LogP) is 1.51. The van der Waals surface area contributed by atoms with E-state index in [1.807, 2.05) is 0 Å². The number of aliphatic hydroxyl groups excluding tert-OH is 1. The van der Waals surface area contributed by atoms with Crippen LogP contribution in [-0.4, -0.2) is 22.7 Å². The molecule has 0 aromatic heterocycles. The molecule has 1 aliphatic carbocycles. The van der Waals surface area contributed by atoms with E-state index in [0.29, 0.717) is 5.92 Å². The van der Waals surface area contributed by atoms with Crippen molar-refractivity contribution in [2.75, 3.05) is 11.5 Å². The summed E-state index contributed by atoms with van der Waals surface area (Å²) in [4.78, 5) is 0. The fourth-order valence-electron chi connectivity index (χ4n) is 1.85. The fraction of sp³-hybridized carbons (Fsp3) is 1.00. The fourth-order valence-corrected chi connectivity index (χ4v) is 2.99. The van der Waals surface area contributed by atoms with Crippen LogP contribution >= 0.6 is 11.8 Å². The molecule has 1 saturated carbocycles. The molecule has 0 spiro atoms. The van der Waals surface area contributed by atoms with Gasteiger partial charge in [-0.25, -0.2) is 0 Å². The second kappa shape index (κ2) is 2.74. The van der Waals surface area contributed by atoms with Crippen LogP contribution in [0.5, 0.6) is 0 Å². The molecule has 2 fully saturated rings. The van der Waals surface area contributed by atoms with E-state index in [-0.39, 0.29) is 6.10 Å². The van der Waals surface area contributed by atoms with E-state index in [4.69, 9.17) is 0 Å². The number of aliphatic hydroxyl groups is 1. The van der Waals surface area contributed by atoms with Crippen LogP contribution < -0.4 is 0 Å². The molecule has 1 nitrogen and oxygen atoms in total. The van der Waals surface area contributed by atoms with Crippen molar-refractivity contribution in [3.63, 3.8) is 0 Å². The summed E-state index contributed by atoms with van der Waals surface area (Å²) < 4.78 is 0. The van der Waals surface area contributed by atoms with Gasteiger partial charge in [0.2, 0.25) is 0 Å². The van der Waals surface area contributed by atoms with Gasteiger partial charge in [0, 0.05) is 0 Å². The lowest BCUT2D eigenvalue weighted by Crippen LogP contribution is -2.13. The monoisotopic (exact) mass is 158 g/mol. The lowest BCUT2D eigenvalue weighted by Gasteiger charge is -2.20. The van der Waals surface area contributed by atoms with E-state index >= 15 is 0 Å². The van der Waals surface area contributed by atoms with Crippen LogP contribution in [0.2, 0.25) is 0 Å². The summed E-state index contributed by atoms with van der Waals surface area (Å²) in [5.41, 5.74) is 0. The lowest BCUT2D eigenvalue weighted by molar-refractivity contribution is 0.233. The number of rotatable bonds is 1. The van der Waals surface area contributed by atoms with Gasteiger partial charge in [0.05, 0.1) is 6.10 Å². The Hall–Kier alpha value is 0.310. The Bertz CT molecular complexity index is 120. The lowest BCUT2D eigenvalue weighted by atomic mass is 9.97. The van der Waals surface area contributed by atoms with E-state index in [1.54, 1.807) is 0 Å². The highest BCUT2D eigenvalue weighted by atomic mass is 32.2. The summed E-state index contributed by atoms with van der Waals surface area (Å²) in [5.74, 6) is 4.22. The Morgan fingerprint density at radius 1 is 1.20 bits per heavy atom. The van der Waals surface area contributed by atoms with Crippen molar-refractivity contribution in [1.29, 1.82) is 0 Å². The van der Waals surface area contributed by atoms with Gasteiger partial charge in [-0.1, -0.05) is 0 Å². The van der Waals surface area contributed by atoms with Crippen molar-refractivity contribution >= 4 is 11.8 Å². The molecule has 0 amide bonds. The molecule has 1 saturated heterocycles. The third kappa shape index (κ3) is 1.32. The molecule has 0 radical (unpaired) electrons. The average Bonchev–Trinajstić information content (AvgIpc) is 2.69. The Morgan fingerprint density at radius 3 is 2.30 bits per heavy atom. The maximum absolute atomic E-state index is 9.17. The van der Waals surface area contributed by atoms with Gasteiger partial charge in [0.1, 0.15) is 0 Å². The maximum Gasteiger partial charge on any atom is 0.0575 e. The molecule has 1 aliphatic heterocycles. The van der Waals surface area contributed by atoms with E-state index in [0.717, 1.165) is 12.3 Å². The third-order valence-corrected chi connectivity index (χ3v) is 3.72. The summed E-state index contributed by atoms with van der Waals surface area (Å²) in [6.45, 7) is 0. The van der Waals surface area contributed by atoms with E-state index < -0.39 is 0 Å². The van der Waals surface area contributed by atoms with E-state index in [9.17, 15) is 5.11 Å². The van der Waals surface area contributed by atoms with Gasteiger partial charge in [-0.2, -0.15) is 11.8 Å². The SMILES string of the molecule is OC1CC1C1CCSCC1. The average molecular weight is 158 g/mol. The van der Waals surface area contributed by atoms with Gasteiger partial charge in [-0.05, 0) is 42.6 Å². The normalized spacial score (nSPS) is 41.7. The van der Waals surface area contributed by atoms with Crippen LogP contribution in [-0.2, 0) is 0 Å². The van der Waals surface area contributed by atoms with Gasteiger partial charge in [0.15, 0.2) is 0 Å². The summed E-state index contributed by atoms with van der Waals surface area (Å²) in [6, 6.07) is 0. The summed E-state index contributed by atoms with van der Waals surface area (Å²) >= 11 is 2.06. The van der Waals surface area contributed by atoms with Crippen LogP contribution in [0.15, 0.2) is 0 Å². The highest BCUT2D eigenvalue weighted by Crippen LogP contribution is 2.43. The second-order valence-electron chi connectivity index (χ2n) is 3.42. The quantitative estimate of drug-likeness (QED) is 0.624. The highest BCUT2D eigenvalue weighted by molar-refractivity contribution is 7.99. The largest absolute Gasteiger partial charge is 0.393 e. The van der Waals surface area contributed by atoms with Crippen LogP contribution in [0.1, 0.15) is 19.3 Å². The molecule has 2 rings (SSSR count). The first-order valence-electron chi connectivity index (χ1n) is 4.14. The Morgan fingerprint density at radius 2 is 1.80 bits per heavy atom. The van der Waals surface area contributed by atoms with Crippen molar-refractivity contribution in [3.05, 3.63) is 0 Å². The topological polar surface area (TPSA) is 20.2 Å². The van der Waals surface area contributed by atoms with Crippen molar-refractivity contribution in [2.45, 2.75) is 25.4 Å². The standard InChI is InChI=1S/C8H14OS/c9-8-5-7(8)6-1-3-10-4-2-6/h6-9H,1-5H2. The van der Waals surface area contributed by atoms with Crippen molar-refractivity contribution in [3.8, 4) is 0 Å². The summed E-state index contributed by atoms with van der Waals surface area (Å²) in [7, 11) is 0. The van der Waals surface area contributed by atoms with Crippen molar-refractivity contribution in [1.82, 2.24) is 0 Å². The highest BCUT2D eigenvalue weighted by Gasteiger charge is 2.41. The molecule has 1 heterocycles. The van der Waals surface area contributed by atoms with E-state index in [2.05, 4.69) is 11.8 Å². The summed E-state index contributed by atoms with van der Waals surface area (Å²) in [5, 5.41) is 9.17. The molecular formula is C8H14OS. The Balaban J connectivity index is 1.81. The molecule has 1 N–H and O–H groups in total. The van der Waals surface area contributed by atoms with Gasteiger partial charge >= 0.3 is 0 Å². The van der Waals surface area contributed by atoms with E-state index in [1.165, 1.54) is 24.3 Å². The molecule has 0 aromatic carbocycles. The Kier molecular flexibility index (Phi) is 1.92. The maximum atomic E-state index is 9.17. The first kappa shape index (κ1) is 6.99. The molecule has 0 aromatic rings. The van der Waals surface area contributed by atoms with Gasteiger partial charge in [0.25, 0.3) is 0 Å². The summed E-state index contributed by atoms with van der Waals surface area (Å²) in [6.07, 6.45) is 3.88. The molecule has 2 unspecified atom stereocenters. The zero-order valence-corrected chi connectivity index (χ0v) is 6.94.